The number of carboxylic acids is 1. The van der Waals surface area contributed by atoms with Crippen LogP contribution in [0.15, 0.2) is 88.1 Å². The van der Waals surface area contributed by atoms with Crippen LogP contribution in [0.5, 0.6) is 0 Å². The SMILES string of the molecule is Cc1cc(=O)oc2cc(NC(=O)OCc3ccc(NC(=O)[C@H](CCCCN)NC(=O)[C@H](CCCCN)NC(=O)OCc4ccccc4)cc3)ccc12.O=C(O)C(F)(F)F. The summed E-state index contributed by atoms with van der Waals surface area (Å²) in [5, 5.41) is 18.8. The van der Waals surface area contributed by atoms with Gasteiger partial charge in [0.15, 0.2) is 0 Å². The third kappa shape index (κ3) is 16.9. The van der Waals surface area contributed by atoms with Crippen LogP contribution in [0, 0.1) is 6.92 Å². The predicted octanol–water partition coefficient (Wildman–Crippen LogP) is 5.46. The first-order valence-corrected chi connectivity index (χ1v) is 18.5. The number of nitrogens with one attached hydrogen (secondary N) is 4. The lowest BCUT2D eigenvalue weighted by Crippen LogP contribution is -2.52. The minimum Gasteiger partial charge on any atom is -0.475 e. The van der Waals surface area contributed by atoms with E-state index in [-0.39, 0.29) is 13.2 Å². The highest BCUT2D eigenvalue weighted by Gasteiger charge is 2.38. The van der Waals surface area contributed by atoms with Gasteiger partial charge in [-0.05, 0) is 99.5 Å². The van der Waals surface area contributed by atoms with Crippen LogP contribution in [0.25, 0.3) is 11.0 Å². The van der Waals surface area contributed by atoms with Crippen molar-refractivity contribution in [2.75, 3.05) is 23.7 Å². The minimum absolute atomic E-state index is 0.0407. The Hall–Kier alpha value is -6.47. The Kier molecular flexibility index (Phi) is 18.8. The lowest BCUT2D eigenvalue weighted by molar-refractivity contribution is -0.192. The number of unbranched alkanes of at least 4 members (excludes halogenated alkanes) is 2. The van der Waals surface area contributed by atoms with Crippen molar-refractivity contribution < 1.29 is 56.1 Å². The standard InChI is InChI=1S/C38H46N6O8.C2HF3O2/c1-25-21-34(45)52-33-22-29(17-18-30(25)33)42-37(48)50-24-27-13-15-28(16-14-27)41-35(46)31(11-5-7-19-39)43-36(47)32(12-6-8-20-40)44-38(49)51-23-26-9-3-2-4-10-26;3-2(4,5)1(6)7/h2-4,9-10,13-18,21-22,31-32H,5-8,11-12,19-20,23-24,39-40H2,1H3,(H,41,46)(H,42,48)(H,43,47)(H,44,49);(H,6,7)/t31-,32-;/m0./s1. The fourth-order valence-corrected chi connectivity index (χ4v) is 5.32. The number of benzene rings is 3. The lowest BCUT2D eigenvalue weighted by atomic mass is 10.1. The molecule has 0 aliphatic heterocycles. The van der Waals surface area contributed by atoms with Gasteiger partial charge < -0.3 is 46.4 Å². The molecular weight excluding hydrogens is 781 g/mol. The third-order valence-electron chi connectivity index (χ3n) is 8.38. The maximum absolute atomic E-state index is 13.4. The number of anilines is 2. The van der Waals surface area contributed by atoms with Crippen LogP contribution in [-0.2, 0) is 37.1 Å². The Morgan fingerprint density at radius 2 is 1.25 bits per heavy atom. The summed E-state index contributed by atoms with van der Waals surface area (Å²) < 4.78 is 47.6. The first-order chi connectivity index (χ1) is 28.1. The topological polar surface area (TPSA) is 254 Å². The van der Waals surface area contributed by atoms with Gasteiger partial charge in [-0.25, -0.2) is 19.2 Å². The first kappa shape index (κ1) is 46.9. The number of aryl methyl sites for hydroxylation is 1. The zero-order chi connectivity index (χ0) is 43.4. The zero-order valence-corrected chi connectivity index (χ0v) is 32.1. The molecule has 0 fully saturated rings. The smallest absolute Gasteiger partial charge is 0.475 e. The molecule has 59 heavy (non-hydrogen) atoms. The molecule has 0 aliphatic rings. The molecule has 19 heteroatoms. The predicted molar refractivity (Wildman–Crippen MR) is 211 cm³/mol. The molecule has 4 amide bonds. The molecule has 3 aromatic carbocycles. The zero-order valence-electron chi connectivity index (χ0n) is 32.1. The van der Waals surface area contributed by atoms with E-state index >= 15 is 0 Å². The van der Waals surface area contributed by atoms with E-state index < -0.39 is 53.9 Å². The number of fused-ring (bicyclic) bond motifs is 1. The van der Waals surface area contributed by atoms with E-state index in [9.17, 15) is 37.1 Å². The summed E-state index contributed by atoms with van der Waals surface area (Å²) >= 11 is 0. The molecule has 1 aromatic heterocycles. The first-order valence-electron chi connectivity index (χ1n) is 18.5. The van der Waals surface area contributed by atoms with E-state index in [1.807, 2.05) is 30.3 Å². The van der Waals surface area contributed by atoms with E-state index in [0.29, 0.717) is 74.1 Å². The molecule has 0 saturated carbocycles. The van der Waals surface area contributed by atoms with Gasteiger partial charge in [0.05, 0.1) is 0 Å². The molecule has 0 unspecified atom stereocenters. The average molecular weight is 829 g/mol. The quantitative estimate of drug-likeness (QED) is 0.0488. The van der Waals surface area contributed by atoms with E-state index in [1.165, 1.54) is 6.07 Å². The number of carbonyl (C=O) groups excluding carboxylic acids is 4. The van der Waals surface area contributed by atoms with Crippen LogP contribution >= 0.6 is 0 Å². The normalized spacial score (nSPS) is 11.9. The maximum Gasteiger partial charge on any atom is 0.490 e. The van der Waals surface area contributed by atoms with Crippen molar-refractivity contribution in [1.29, 1.82) is 0 Å². The van der Waals surface area contributed by atoms with Crippen LogP contribution in [-0.4, -0.2) is 66.4 Å². The lowest BCUT2D eigenvalue weighted by Gasteiger charge is -2.23. The summed E-state index contributed by atoms with van der Waals surface area (Å²) in [6.07, 6.45) is -3.42. The molecule has 1 heterocycles. The van der Waals surface area contributed by atoms with E-state index in [2.05, 4.69) is 21.3 Å². The van der Waals surface area contributed by atoms with E-state index in [4.69, 9.17) is 35.3 Å². The molecule has 4 aromatic rings. The van der Waals surface area contributed by atoms with Gasteiger partial charge in [-0.2, -0.15) is 13.2 Å². The van der Waals surface area contributed by atoms with Crippen molar-refractivity contribution in [1.82, 2.24) is 10.6 Å². The number of alkyl halides is 3. The van der Waals surface area contributed by atoms with Crippen LogP contribution < -0.4 is 38.4 Å². The van der Waals surface area contributed by atoms with Crippen molar-refractivity contribution in [3.8, 4) is 0 Å². The second-order valence-electron chi connectivity index (χ2n) is 13.0. The highest BCUT2D eigenvalue weighted by atomic mass is 19.4. The fourth-order valence-electron chi connectivity index (χ4n) is 5.32. The maximum atomic E-state index is 13.4. The molecule has 4 rings (SSSR count). The number of aliphatic carboxylic acids is 1. The second-order valence-corrected chi connectivity index (χ2v) is 13.0. The molecule has 2 atom stereocenters. The van der Waals surface area contributed by atoms with Gasteiger partial charge in [0.1, 0.15) is 30.9 Å². The number of carboxylic acid groups (broad SMARTS) is 1. The van der Waals surface area contributed by atoms with Gasteiger partial charge in [-0.3, -0.25) is 14.9 Å². The Morgan fingerprint density at radius 1 is 0.712 bits per heavy atom. The van der Waals surface area contributed by atoms with E-state index in [1.54, 1.807) is 49.4 Å². The molecule has 9 N–H and O–H groups in total. The Bertz CT molecular complexity index is 2060. The Labute approximate surface area is 336 Å². The summed E-state index contributed by atoms with van der Waals surface area (Å²) in [4.78, 5) is 72.5. The fraction of sp³-hybridized carbons (Fsp3) is 0.350. The highest BCUT2D eigenvalue weighted by molar-refractivity contribution is 5.98. The van der Waals surface area contributed by atoms with Gasteiger partial charge in [-0.15, -0.1) is 0 Å². The number of amides is 4. The number of alkyl carbamates (subject to hydrolysis) is 1. The van der Waals surface area contributed by atoms with Crippen molar-refractivity contribution in [3.63, 3.8) is 0 Å². The van der Waals surface area contributed by atoms with Crippen molar-refractivity contribution in [2.24, 2.45) is 11.5 Å². The number of rotatable bonds is 18. The largest absolute Gasteiger partial charge is 0.490 e. The van der Waals surface area contributed by atoms with E-state index in [0.717, 1.165) is 16.5 Å². The summed E-state index contributed by atoms with van der Waals surface area (Å²) in [7, 11) is 0. The van der Waals surface area contributed by atoms with Gasteiger partial charge >= 0.3 is 30.0 Å². The van der Waals surface area contributed by atoms with Crippen molar-refractivity contribution >= 4 is 52.3 Å². The monoisotopic (exact) mass is 828 g/mol. The third-order valence-corrected chi connectivity index (χ3v) is 8.38. The van der Waals surface area contributed by atoms with Crippen LogP contribution in [0.1, 0.15) is 55.2 Å². The molecule has 0 spiro atoms. The molecule has 0 aliphatic carbocycles. The minimum atomic E-state index is -5.08. The number of carbonyl (C=O) groups is 5. The van der Waals surface area contributed by atoms with Gasteiger partial charge in [0.25, 0.3) is 0 Å². The summed E-state index contributed by atoms with van der Waals surface area (Å²) in [6, 6.07) is 20.4. The number of hydrogen-bond donors (Lipinski definition) is 7. The van der Waals surface area contributed by atoms with Crippen molar-refractivity contribution in [3.05, 3.63) is 106 Å². The summed E-state index contributed by atoms with van der Waals surface area (Å²) in [5.74, 6) is -3.72. The highest BCUT2D eigenvalue weighted by Crippen LogP contribution is 2.21. The van der Waals surface area contributed by atoms with Crippen molar-refractivity contribution in [2.45, 2.75) is 76.9 Å². The number of hydrogen-bond acceptors (Lipinski definition) is 11. The van der Waals surface area contributed by atoms with Gasteiger partial charge in [0.2, 0.25) is 11.8 Å². The van der Waals surface area contributed by atoms with Crippen LogP contribution in [0.4, 0.5) is 34.1 Å². The van der Waals surface area contributed by atoms with Gasteiger partial charge in [0, 0.05) is 28.9 Å². The Balaban J connectivity index is 0.00000122. The molecular formula is C40H47F3N6O10. The number of ether oxygens (including phenoxy) is 2. The molecule has 0 radical (unpaired) electrons. The molecule has 0 bridgehead atoms. The molecule has 318 valence electrons. The summed E-state index contributed by atoms with van der Waals surface area (Å²) in [6.45, 7) is 2.65. The number of halogens is 3. The van der Waals surface area contributed by atoms with Crippen LogP contribution in [0.2, 0.25) is 0 Å². The van der Waals surface area contributed by atoms with Gasteiger partial charge in [-0.1, -0.05) is 42.5 Å². The number of nitrogens with two attached hydrogens (primary N) is 2. The molecule has 0 saturated heterocycles. The Morgan fingerprint density at radius 3 is 1.83 bits per heavy atom. The van der Waals surface area contributed by atoms with Crippen LogP contribution in [0.3, 0.4) is 0 Å². The average Bonchev–Trinajstić information content (AvgIpc) is 3.19. The molecule has 16 nitrogen and oxygen atoms in total. The summed E-state index contributed by atoms with van der Waals surface area (Å²) in [5.41, 5.74) is 14.3. The second kappa shape index (κ2) is 23.7.